The molecule has 3 N–H and O–H groups in total. The van der Waals surface area contributed by atoms with E-state index in [1.165, 1.54) is 0 Å². The predicted molar refractivity (Wildman–Crippen MR) is 84.2 cm³/mol. The topological polar surface area (TPSA) is 99.3 Å². The van der Waals surface area contributed by atoms with Crippen LogP contribution in [-0.2, 0) is 4.79 Å². The average molecular weight is 308 g/mol. The van der Waals surface area contributed by atoms with E-state index in [0.717, 1.165) is 31.4 Å². The second-order valence-corrected chi connectivity index (χ2v) is 5.51. The number of aromatic nitrogens is 1. The Balaban J connectivity index is 2.27. The van der Waals surface area contributed by atoms with E-state index in [4.69, 9.17) is 5.11 Å². The Kier molecular flexibility index (Phi) is 7.36. The number of pyridine rings is 1. The average Bonchev–Trinajstić information content (AvgIpc) is 2.40. The van der Waals surface area contributed by atoms with Crippen LogP contribution in [0.5, 0.6) is 0 Å². The maximum absolute atomic E-state index is 12.0. The molecule has 0 atom stereocenters. The standard InChI is InChI=1S/C16H24N2O4/c1-11-10-12(2)18-16(22)14(11)15(21)17-9-7-5-3-4-6-8-13(19)20/h10H,3-9H2,1-2H3,(H,17,21)(H,18,22)(H,19,20). The summed E-state index contributed by atoms with van der Waals surface area (Å²) >= 11 is 0. The zero-order valence-electron chi connectivity index (χ0n) is 13.2. The Morgan fingerprint density at radius 2 is 1.77 bits per heavy atom. The van der Waals surface area contributed by atoms with Crippen LogP contribution in [-0.4, -0.2) is 28.5 Å². The quantitative estimate of drug-likeness (QED) is 0.609. The largest absolute Gasteiger partial charge is 0.481 e. The molecule has 22 heavy (non-hydrogen) atoms. The van der Waals surface area contributed by atoms with Crippen LogP contribution in [0.15, 0.2) is 10.9 Å². The molecule has 0 fully saturated rings. The minimum absolute atomic E-state index is 0.173. The van der Waals surface area contributed by atoms with Crippen LogP contribution in [0.1, 0.15) is 60.1 Å². The summed E-state index contributed by atoms with van der Waals surface area (Å²) in [4.78, 5) is 36.8. The molecule has 6 nitrogen and oxygen atoms in total. The number of aryl methyl sites for hydroxylation is 2. The van der Waals surface area contributed by atoms with Gasteiger partial charge in [0.25, 0.3) is 11.5 Å². The third kappa shape index (κ3) is 6.11. The van der Waals surface area contributed by atoms with Crippen molar-refractivity contribution in [3.8, 4) is 0 Å². The monoisotopic (exact) mass is 308 g/mol. The van der Waals surface area contributed by atoms with Crippen molar-refractivity contribution >= 4 is 11.9 Å². The van der Waals surface area contributed by atoms with Crippen molar-refractivity contribution in [2.24, 2.45) is 0 Å². The van der Waals surface area contributed by atoms with Gasteiger partial charge in [-0.25, -0.2) is 0 Å². The third-order valence-corrected chi connectivity index (χ3v) is 3.45. The molecule has 0 unspecified atom stereocenters. The van der Waals surface area contributed by atoms with Crippen LogP contribution in [0, 0.1) is 13.8 Å². The molecule has 1 aromatic heterocycles. The Morgan fingerprint density at radius 3 is 2.41 bits per heavy atom. The lowest BCUT2D eigenvalue weighted by molar-refractivity contribution is -0.137. The first-order valence-electron chi connectivity index (χ1n) is 7.62. The molecular weight excluding hydrogens is 284 g/mol. The molecule has 0 spiro atoms. The van der Waals surface area contributed by atoms with Gasteiger partial charge < -0.3 is 15.4 Å². The van der Waals surface area contributed by atoms with Gasteiger partial charge >= 0.3 is 5.97 Å². The summed E-state index contributed by atoms with van der Waals surface area (Å²) in [6, 6.07) is 1.78. The molecule has 0 saturated heterocycles. The maximum Gasteiger partial charge on any atom is 0.303 e. The van der Waals surface area contributed by atoms with Gasteiger partial charge in [0.05, 0.1) is 0 Å². The van der Waals surface area contributed by atoms with E-state index in [2.05, 4.69) is 10.3 Å². The number of unbranched alkanes of at least 4 members (excludes halogenated alkanes) is 4. The van der Waals surface area contributed by atoms with Crippen molar-refractivity contribution in [3.05, 3.63) is 33.2 Å². The molecule has 1 rings (SSSR count). The van der Waals surface area contributed by atoms with Gasteiger partial charge in [-0.05, 0) is 38.3 Å². The first-order chi connectivity index (χ1) is 10.4. The first kappa shape index (κ1) is 17.9. The predicted octanol–water partition coefficient (Wildman–Crippen LogP) is 2.15. The molecule has 0 radical (unpaired) electrons. The highest BCUT2D eigenvalue weighted by atomic mass is 16.4. The molecule has 1 heterocycles. The van der Waals surface area contributed by atoms with E-state index in [-0.39, 0.29) is 23.5 Å². The van der Waals surface area contributed by atoms with Crippen LogP contribution >= 0.6 is 0 Å². The van der Waals surface area contributed by atoms with Crippen molar-refractivity contribution in [1.82, 2.24) is 10.3 Å². The lowest BCUT2D eigenvalue weighted by Crippen LogP contribution is -2.31. The van der Waals surface area contributed by atoms with Crippen LogP contribution in [0.3, 0.4) is 0 Å². The van der Waals surface area contributed by atoms with Gasteiger partial charge in [-0.15, -0.1) is 0 Å². The number of hydrogen-bond acceptors (Lipinski definition) is 3. The van der Waals surface area contributed by atoms with Crippen molar-refractivity contribution in [2.45, 2.75) is 52.4 Å². The number of hydrogen-bond donors (Lipinski definition) is 3. The van der Waals surface area contributed by atoms with Crippen molar-refractivity contribution in [3.63, 3.8) is 0 Å². The lowest BCUT2D eigenvalue weighted by Gasteiger charge is -2.07. The minimum Gasteiger partial charge on any atom is -0.481 e. The summed E-state index contributed by atoms with van der Waals surface area (Å²) < 4.78 is 0. The van der Waals surface area contributed by atoms with Crippen molar-refractivity contribution < 1.29 is 14.7 Å². The number of H-pyrrole nitrogens is 1. The molecule has 122 valence electrons. The van der Waals surface area contributed by atoms with Crippen molar-refractivity contribution in [1.29, 1.82) is 0 Å². The smallest absolute Gasteiger partial charge is 0.303 e. The Morgan fingerprint density at radius 1 is 1.14 bits per heavy atom. The van der Waals surface area contributed by atoms with Gasteiger partial charge in [-0.1, -0.05) is 19.3 Å². The molecule has 0 aromatic carbocycles. The van der Waals surface area contributed by atoms with Gasteiger partial charge in [0.1, 0.15) is 5.56 Å². The fourth-order valence-electron chi connectivity index (χ4n) is 2.36. The molecule has 0 bridgehead atoms. The minimum atomic E-state index is -0.758. The summed E-state index contributed by atoms with van der Waals surface area (Å²) in [7, 11) is 0. The molecule has 0 aliphatic carbocycles. The SMILES string of the molecule is Cc1cc(C)c(C(=O)NCCCCCCCC(=O)O)c(=O)[nH]1. The van der Waals surface area contributed by atoms with E-state index in [0.29, 0.717) is 18.5 Å². The number of carbonyl (C=O) groups is 2. The number of rotatable bonds is 9. The van der Waals surface area contributed by atoms with E-state index < -0.39 is 5.97 Å². The molecule has 1 aromatic rings. The highest BCUT2D eigenvalue weighted by molar-refractivity contribution is 5.95. The number of nitrogens with one attached hydrogen (secondary N) is 2. The second-order valence-electron chi connectivity index (χ2n) is 5.51. The van der Waals surface area contributed by atoms with E-state index in [1.54, 1.807) is 19.9 Å². The van der Waals surface area contributed by atoms with Crippen molar-refractivity contribution in [2.75, 3.05) is 6.54 Å². The number of aliphatic carboxylic acids is 1. The fourth-order valence-corrected chi connectivity index (χ4v) is 2.36. The van der Waals surface area contributed by atoms with E-state index >= 15 is 0 Å². The summed E-state index contributed by atoms with van der Waals surface area (Å²) in [5, 5.41) is 11.3. The maximum atomic E-state index is 12.0. The number of carboxylic acid groups (broad SMARTS) is 1. The van der Waals surface area contributed by atoms with Crippen LogP contribution in [0.2, 0.25) is 0 Å². The van der Waals surface area contributed by atoms with Crippen LogP contribution in [0.4, 0.5) is 0 Å². The molecule has 6 heteroatoms. The van der Waals surface area contributed by atoms with Gasteiger partial charge in [0.2, 0.25) is 0 Å². The number of aromatic amines is 1. The molecule has 0 aliphatic heterocycles. The normalized spacial score (nSPS) is 10.5. The Bertz CT molecular complexity index is 578. The van der Waals surface area contributed by atoms with Crippen LogP contribution < -0.4 is 10.9 Å². The molecule has 1 amide bonds. The van der Waals surface area contributed by atoms with E-state index in [9.17, 15) is 14.4 Å². The summed E-state index contributed by atoms with van der Waals surface area (Å²) in [5.41, 5.74) is 1.23. The third-order valence-electron chi connectivity index (χ3n) is 3.45. The molecule has 0 saturated carbocycles. The highest BCUT2D eigenvalue weighted by Gasteiger charge is 2.13. The Labute approximate surface area is 129 Å². The fraction of sp³-hybridized carbons (Fsp3) is 0.562. The summed E-state index contributed by atoms with van der Waals surface area (Å²) in [6.45, 7) is 4.05. The summed E-state index contributed by atoms with van der Waals surface area (Å²) in [6.07, 6.45) is 4.50. The number of carboxylic acids is 1. The van der Waals surface area contributed by atoms with Gasteiger partial charge in [-0.3, -0.25) is 14.4 Å². The first-order valence-corrected chi connectivity index (χ1v) is 7.62. The van der Waals surface area contributed by atoms with Gasteiger partial charge in [0, 0.05) is 18.7 Å². The zero-order chi connectivity index (χ0) is 16.5. The summed E-state index contributed by atoms with van der Waals surface area (Å²) in [5.74, 6) is -1.10. The molecular formula is C16H24N2O4. The molecule has 0 aliphatic rings. The van der Waals surface area contributed by atoms with Gasteiger partial charge in [0.15, 0.2) is 0 Å². The van der Waals surface area contributed by atoms with Gasteiger partial charge in [-0.2, -0.15) is 0 Å². The highest BCUT2D eigenvalue weighted by Crippen LogP contribution is 2.06. The van der Waals surface area contributed by atoms with E-state index in [1.807, 2.05) is 0 Å². The lowest BCUT2D eigenvalue weighted by atomic mass is 10.1. The second kappa shape index (κ2) is 9.02. The number of carbonyl (C=O) groups excluding carboxylic acids is 1. The Hall–Kier alpha value is -2.11. The van der Waals surface area contributed by atoms with Crippen LogP contribution in [0.25, 0.3) is 0 Å². The number of amides is 1. The zero-order valence-corrected chi connectivity index (χ0v) is 13.2.